The van der Waals surface area contributed by atoms with Crippen LogP contribution >= 0.6 is 34.8 Å². The summed E-state index contributed by atoms with van der Waals surface area (Å²) in [5.41, 5.74) is 16.8. The van der Waals surface area contributed by atoms with Gasteiger partial charge in [0, 0.05) is 113 Å². The molecule has 3 aromatic carbocycles. The lowest BCUT2D eigenvalue weighted by Crippen LogP contribution is -2.29. The lowest BCUT2D eigenvalue weighted by atomic mass is 9.91. The second kappa shape index (κ2) is 26.5. The van der Waals surface area contributed by atoms with Gasteiger partial charge in [-0.1, -0.05) is 71.2 Å². The number of pyridine rings is 3. The molecule has 15 nitrogen and oxygen atoms in total. The summed E-state index contributed by atoms with van der Waals surface area (Å²) in [6, 6.07) is 22.7. The molecule has 0 spiro atoms. The zero-order valence-electron chi connectivity index (χ0n) is 54.7. The van der Waals surface area contributed by atoms with Gasteiger partial charge in [-0.05, 0) is 194 Å². The van der Waals surface area contributed by atoms with E-state index in [0.29, 0.717) is 37.6 Å². The third-order valence-corrected chi connectivity index (χ3v) is 16.4. The molecule has 0 saturated heterocycles. The smallest absolute Gasteiger partial charge is 0.339 e. The molecule has 0 fully saturated rings. The lowest BCUT2D eigenvalue weighted by molar-refractivity contribution is -0.164. The minimum absolute atomic E-state index is 0.449. The minimum atomic E-state index is -1.14. The first-order valence-electron chi connectivity index (χ1n) is 29.0. The number of nitrogens with zero attached hydrogens (tertiary/aromatic N) is 5. The Hall–Kier alpha value is -7.11. The molecule has 0 aliphatic rings. The van der Waals surface area contributed by atoms with Crippen LogP contribution in [0.15, 0.2) is 72.8 Å². The second-order valence-corrected chi connectivity index (χ2v) is 26.5. The van der Waals surface area contributed by atoms with Crippen molar-refractivity contribution in [2.75, 3.05) is 14.2 Å². The molecule has 0 aliphatic heterocycles. The van der Waals surface area contributed by atoms with Gasteiger partial charge in [-0.15, -0.1) is 0 Å². The van der Waals surface area contributed by atoms with E-state index in [4.69, 9.17) is 73.4 Å². The Kier molecular flexibility index (Phi) is 20.6. The van der Waals surface area contributed by atoms with Crippen molar-refractivity contribution in [3.05, 3.63) is 155 Å². The van der Waals surface area contributed by atoms with E-state index in [1.165, 1.54) is 14.2 Å². The van der Waals surface area contributed by atoms with Gasteiger partial charge in [-0.25, -0.2) is 29.3 Å². The largest absolute Gasteiger partial charge is 0.479 e. The number of halogens is 3. The number of methoxy groups -OCH3 is 2. The predicted molar refractivity (Wildman–Crippen MR) is 354 cm³/mol. The Morgan fingerprint density at radius 1 is 0.466 bits per heavy atom. The van der Waals surface area contributed by atoms with Gasteiger partial charge in [0.1, 0.15) is 16.9 Å². The van der Waals surface area contributed by atoms with Crippen LogP contribution in [-0.2, 0) is 52.2 Å². The SMILES string of the molecule is COC(=O)C(OC(C)(C)C)c1c(C)nc2[nH]c(C)c(C)c2c1-c1ccc(Cl)cc1.COC(=O)C(OC(C)(C)C)c1c(C)nc2c(c(C)c(C)n2C)c1-c1ccc(Cl)cc1.Cc1nc2c(c(C)c(C)n2C)c(-c2ccc(Cl)cc2)c1C(OC(C)(C)C)C(=O)O. The number of nitrogens with one attached hydrogen (secondary N) is 1. The highest BCUT2D eigenvalue weighted by Crippen LogP contribution is 2.46. The molecular weight excluding hydrogens is 1180 g/mol. The number of rotatable bonds is 12. The molecule has 3 atom stereocenters. The van der Waals surface area contributed by atoms with Crippen LogP contribution in [0.5, 0.6) is 0 Å². The number of H-pyrrole nitrogens is 1. The summed E-state index contributed by atoms with van der Waals surface area (Å²) in [7, 11) is 6.73. The number of carboxylic acids is 1. The van der Waals surface area contributed by atoms with Crippen molar-refractivity contribution < 1.29 is 43.2 Å². The molecule has 0 amide bonds. The maximum absolute atomic E-state index is 12.9. The molecule has 2 N–H and O–H groups in total. The molecule has 0 saturated carbocycles. The van der Waals surface area contributed by atoms with Crippen LogP contribution in [0.2, 0.25) is 15.1 Å². The van der Waals surface area contributed by atoms with E-state index in [-0.39, 0.29) is 0 Å². The number of fused-ring (bicyclic) bond motifs is 3. The van der Waals surface area contributed by atoms with Gasteiger partial charge in [0.05, 0.1) is 31.0 Å². The van der Waals surface area contributed by atoms with Crippen LogP contribution < -0.4 is 0 Å². The van der Waals surface area contributed by atoms with Gasteiger partial charge in [-0.3, -0.25) is 0 Å². The van der Waals surface area contributed by atoms with Crippen LogP contribution in [0.25, 0.3) is 66.5 Å². The number of carbonyl (C=O) groups excluding carboxylic acids is 2. The zero-order valence-corrected chi connectivity index (χ0v) is 57.0. The van der Waals surface area contributed by atoms with Crippen molar-refractivity contribution in [2.24, 2.45) is 14.1 Å². The predicted octanol–water partition coefficient (Wildman–Crippen LogP) is 17.4. The average Bonchev–Trinajstić information content (AvgIpc) is 1.52. The van der Waals surface area contributed by atoms with Gasteiger partial charge in [-0.2, -0.15) is 0 Å². The van der Waals surface area contributed by atoms with Gasteiger partial charge in [0.25, 0.3) is 0 Å². The van der Waals surface area contributed by atoms with Crippen molar-refractivity contribution in [2.45, 2.75) is 160 Å². The third kappa shape index (κ3) is 14.5. The average molecular weight is 1260 g/mol. The maximum Gasteiger partial charge on any atom is 0.339 e. The Balaban J connectivity index is 0.000000188. The van der Waals surface area contributed by atoms with Crippen molar-refractivity contribution >= 4 is 85.8 Å². The van der Waals surface area contributed by atoms with E-state index in [1.54, 1.807) is 0 Å². The summed E-state index contributed by atoms with van der Waals surface area (Å²) in [6.07, 6.45) is -2.95. The van der Waals surface area contributed by atoms with Crippen LogP contribution in [0.4, 0.5) is 0 Å². The molecule has 6 aromatic heterocycles. The number of hydrogen-bond acceptors (Lipinski definition) is 11. The fraction of sp³-hybridized carbons (Fsp3) is 0.400. The van der Waals surface area contributed by atoms with Crippen LogP contribution in [-0.4, -0.2) is 83.1 Å². The molecule has 468 valence electrons. The number of carboxylic acid groups (broad SMARTS) is 1. The summed E-state index contributed by atoms with van der Waals surface area (Å²) in [5, 5.41) is 14.9. The highest BCUT2D eigenvalue weighted by atomic mass is 35.5. The number of aromatic amines is 1. The molecule has 0 aliphatic carbocycles. The first-order valence-corrected chi connectivity index (χ1v) is 30.2. The van der Waals surface area contributed by atoms with Crippen molar-refractivity contribution in [3.8, 4) is 33.4 Å². The van der Waals surface area contributed by atoms with Crippen molar-refractivity contribution in [3.63, 3.8) is 0 Å². The van der Waals surface area contributed by atoms with Gasteiger partial charge < -0.3 is 42.9 Å². The van der Waals surface area contributed by atoms with Gasteiger partial charge >= 0.3 is 17.9 Å². The topological polar surface area (TPSA) is 182 Å². The van der Waals surface area contributed by atoms with Crippen molar-refractivity contribution in [1.29, 1.82) is 0 Å². The Labute approximate surface area is 532 Å². The van der Waals surface area contributed by atoms with Crippen LogP contribution in [0, 0.1) is 62.3 Å². The van der Waals surface area contributed by atoms with Gasteiger partial charge in [0.2, 0.25) is 0 Å². The van der Waals surface area contributed by atoms with Crippen molar-refractivity contribution in [1.82, 2.24) is 29.1 Å². The van der Waals surface area contributed by atoms with Crippen LogP contribution in [0.1, 0.15) is 148 Å². The number of benzene rings is 3. The third-order valence-electron chi connectivity index (χ3n) is 15.6. The lowest BCUT2D eigenvalue weighted by Gasteiger charge is -2.28. The Morgan fingerprint density at radius 3 is 1.07 bits per heavy atom. The zero-order chi connectivity index (χ0) is 65.6. The summed E-state index contributed by atoms with van der Waals surface area (Å²) in [5.74, 6) is -1.94. The number of aryl methyl sites for hydroxylation is 9. The molecule has 9 aromatic rings. The number of hydrogen-bond donors (Lipinski definition) is 2. The minimum Gasteiger partial charge on any atom is -0.479 e. The fourth-order valence-electron chi connectivity index (χ4n) is 11.1. The summed E-state index contributed by atoms with van der Waals surface area (Å²) in [4.78, 5) is 55.7. The molecular formula is C70H83Cl3N6O9. The van der Waals surface area contributed by atoms with E-state index in [0.717, 1.165) is 112 Å². The molecule has 0 bridgehead atoms. The van der Waals surface area contributed by atoms with Gasteiger partial charge in [0.15, 0.2) is 18.3 Å². The standard InChI is InChI=1S/C24H29ClN2O3.2C23H27ClN2O3/c1-13-15(3)27(7)22-18(13)20(16-9-11-17(25)12-10-16)19(14(2)26-22)21(23(28)29-8)30-24(4,5)6;1-12-14(3)26(7)21-17(12)19(15-8-10-16(24)11-9-15)18(13(2)25-21)20(22(27)28)29-23(4,5)6;1-12-13(2)25-21-17(12)19(15-8-10-16(24)11-9-15)18(14(3)26-21)20(22(27)28-7)29-23(4,5)6/h9-12,21H,1-8H3;8-11,20H,1-7H3,(H,27,28);8-11,20H,1-7H3,(H,25,26). The first-order chi connectivity index (χ1) is 40.9. The normalized spacial score (nSPS) is 13.0. The van der Waals surface area contributed by atoms with Crippen LogP contribution in [0.3, 0.4) is 0 Å². The summed E-state index contributed by atoms with van der Waals surface area (Å²) < 4.78 is 32.8. The number of aliphatic carboxylic acids is 1. The highest BCUT2D eigenvalue weighted by molar-refractivity contribution is 6.31. The second-order valence-electron chi connectivity index (χ2n) is 25.2. The summed E-state index contributed by atoms with van der Waals surface area (Å²) in [6.45, 7) is 35.0. The molecule has 88 heavy (non-hydrogen) atoms. The number of carbonyl (C=O) groups is 3. The molecule has 3 unspecified atom stereocenters. The Bertz CT molecular complexity index is 4100. The number of esters is 2. The molecule has 18 heteroatoms. The van der Waals surface area contributed by atoms with E-state index in [9.17, 15) is 19.5 Å². The molecule has 9 rings (SSSR count). The number of aromatic nitrogens is 6. The quantitative estimate of drug-likeness (QED) is 0.111. The van der Waals surface area contributed by atoms with E-state index in [2.05, 4.69) is 23.4 Å². The van der Waals surface area contributed by atoms with E-state index >= 15 is 0 Å². The number of ether oxygens (including phenoxy) is 5. The summed E-state index contributed by atoms with van der Waals surface area (Å²) >= 11 is 18.4. The maximum atomic E-state index is 12.9. The fourth-order valence-corrected chi connectivity index (χ4v) is 11.5. The molecule has 0 radical (unpaired) electrons. The highest BCUT2D eigenvalue weighted by Gasteiger charge is 2.37. The van der Waals surface area contributed by atoms with E-state index in [1.807, 2.05) is 202 Å². The monoisotopic (exact) mass is 1260 g/mol. The van der Waals surface area contributed by atoms with E-state index < -0.39 is 53.0 Å². The first kappa shape index (κ1) is 68.4. The molecule has 6 heterocycles. The Morgan fingerprint density at radius 2 is 0.761 bits per heavy atom.